The van der Waals surface area contributed by atoms with Crippen LogP contribution in [0.25, 0.3) is 0 Å². The molecule has 2 amide bonds. The van der Waals surface area contributed by atoms with Gasteiger partial charge in [-0.1, -0.05) is 0 Å². The molecule has 0 spiro atoms. The van der Waals surface area contributed by atoms with Crippen LogP contribution in [0.5, 0.6) is 0 Å². The third-order valence-corrected chi connectivity index (χ3v) is 3.67. The topological polar surface area (TPSA) is 58.2 Å². The van der Waals surface area contributed by atoms with Crippen LogP contribution < -0.4 is 10.6 Å². The Hall–Kier alpha value is -1.43. The minimum Gasteiger partial charge on any atom is -0.353 e. The molecular formula is C14H16BrFN2O2. The summed E-state index contributed by atoms with van der Waals surface area (Å²) in [5.41, 5.74) is 0.257. The lowest BCUT2D eigenvalue weighted by atomic mass is 10.2. The van der Waals surface area contributed by atoms with Crippen molar-refractivity contribution in [3.8, 4) is 0 Å². The van der Waals surface area contributed by atoms with E-state index in [4.69, 9.17) is 0 Å². The van der Waals surface area contributed by atoms with Gasteiger partial charge in [-0.3, -0.25) is 9.59 Å². The molecule has 1 aliphatic carbocycles. The lowest BCUT2D eigenvalue weighted by Gasteiger charge is -2.07. The van der Waals surface area contributed by atoms with Gasteiger partial charge in [-0.05, 0) is 53.4 Å². The molecule has 0 radical (unpaired) electrons. The fourth-order valence-corrected chi connectivity index (χ4v) is 2.17. The summed E-state index contributed by atoms with van der Waals surface area (Å²) in [6.07, 6.45) is 3.09. The fraction of sp³-hybridized carbons (Fsp3) is 0.429. The van der Waals surface area contributed by atoms with E-state index in [1.165, 1.54) is 18.2 Å². The smallest absolute Gasteiger partial charge is 0.252 e. The standard InChI is InChI=1S/C14H16BrFN2O2/c15-12-6-3-9(16)8-11(12)14(20)17-7-1-2-13(19)18-10-4-5-10/h3,6,8,10H,1-2,4-5,7H2,(H,17,20)(H,18,19). The molecule has 2 rings (SSSR count). The molecule has 1 aromatic carbocycles. The van der Waals surface area contributed by atoms with Crippen LogP contribution >= 0.6 is 15.9 Å². The lowest BCUT2D eigenvalue weighted by molar-refractivity contribution is -0.121. The molecule has 0 aliphatic heterocycles. The van der Waals surface area contributed by atoms with E-state index >= 15 is 0 Å². The summed E-state index contributed by atoms with van der Waals surface area (Å²) in [6, 6.07) is 4.32. The first-order chi connectivity index (χ1) is 9.56. The van der Waals surface area contributed by atoms with E-state index in [2.05, 4.69) is 26.6 Å². The highest BCUT2D eigenvalue weighted by Crippen LogP contribution is 2.19. The van der Waals surface area contributed by atoms with Crippen molar-refractivity contribution < 1.29 is 14.0 Å². The number of amides is 2. The van der Waals surface area contributed by atoms with Crippen LogP contribution in [-0.2, 0) is 4.79 Å². The van der Waals surface area contributed by atoms with E-state index < -0.39 is 5.82 Å². The van der Waals surface area contributed by atoms with Crippen molar-refractivity contribution in [2.45, 2.75) is 31.7 Å². The summed E-state index contributed by atoms with van der Waals surface area (Å²) in [6.45, 7) is 0.389. The Morgan fingerprint density at radius 2 is 2.10 bits per heavy atom. The summed E-state index contributed by atoms with van der Waals surface area (Å²) in [5, 5.41) is 5.56. The number of halogens is 2. The average Bonchev–Trinajstić information content (AvgIpc) is 3.21. The molecule has 0 atom stereocenters. The molecule has 2 N–H and O–H groups in total. The maximum Gasteiger partial charge on any atom is 0.252 e. The van der Waals surface area contributed by atoms with E-state index in [0.717, 1.165) is 12.8 Å². The van der Waals surface area contributed by atoms with Crippen molar-refractivity contribution in [1.29, 1.82) is 0 Å². The summed E-state index contributed by atoms with van der Waals surface area (Å²) in [7, 11) is 0. The van der Waals surface area contributed by atoms with E-state index in [1.807, 2.05) is 0 Å². The molecular weight excluding hydrogens is 327 g/mol. The van der Waals surface area contributed by atoms with Gasteiger partial charge >= 0.3 is 0 Å². The molecule has 108 valence electrons. The van der Waals surface area contributed by atoms with Crippen LogP contribution in [0.4, 0.5) is 4.39 Å². The monoisotopic (exact) mass is 342 g/mol. The van der Waals surface area contributed by atoms with Crippen molar-refractivity contribution in [3.63, 3.8) is 0 Å². The third kappa shape index (κ3) is 4.59. The third-order valence-electron chi connectivity index (χ3n) is 2.98. The summed E-state index contributed by atoms with van der Waals surface area (Å²) < 4.78 is 13.6. The van der Waals surface area contributed by atoms with Crippen molar-refractivity contribution in [3.05, 3.63) is 34.1 Å². The zero-order chi connectivity index (χ0) is 14.5. The molecule has 20 heavy (non-hydrogen) atoms. The second kappa shape index (κ2) is 6.83. The molecule has 1 aromatic rings. The van der Waals surface area contributed by atoms with E-state index in [1.54, 1.807) is 0 Å². The Balaban J connectivity index is 1.71. The van der Waals surface area contributed by atoms with Crippen molar-refractivity contribution in [1.82, 2.24) is 10.6 Å². The molecule has 0 unspecified atom stereocenters. The number of carbonyl (C=O) groups is 2. The van der Waals surface area contributed by atoms with Crippen LogP contribution in [-0.4, -0.2) is 24.4 Å². The van der Waals surface area contributed by atoms with Gasteiger partial charge < -0.3 is 10.6 Å². The Morgan fingerprint density at radius 3 is 2.80 bits per heavy atom. The second-order valence-electron chi connectivity index (χ2n) is 4.83. The van der Waals surface area contributed by atoms with Gasteiger partial charge in [-0.25, -0.2) is 4.39 Å². The molecule has 0 bridgehead atoms. The largest absolute Gasteiger partial charge is 0.353 e. The van der Waals surface area contributed by atoms with Gasteiger partial charge in [0.1, 0.15) is 5.82 Å². The predicted molar refractivity (Wildman–Crippen MR) is 76.8 cm³/mol. The molecule has 1 aliphatic rings. The SMILES string of the molecule is O=C(CCCNC(=O)c1cc(F)ccc1Br)NC1CC1. The molecule has 1 saturated carbocycles. The maximum atomic E-state index is 13.1. The number of hydrogen-bond donors (Lipinski definition) is 2. The van der Waals surface area contributed by atoms with Gasteiger partial charge in [0.05, 0.1) is 5.56 Å². The van der Waals surface area contributed by atoms with Gasteiger partial charge in [0, 0.05) is 23.5 Å². The molecule has 1 fully saturated rings. The van der Waals surface area contributed by atoms with Gasteiger partial charge in [0.25, 0.3) is 5.91 Å². The quantitative estimate of drug-likeness (QED) is 0.780. The highest BCUT2D eigenvalue weighted by atomic mass is 79.9. The normalized spacial score (nSPS) is 13.9. The van der Waals surface area contributed by atoms with Crippen molar-refractivity contribution >= 4 is 27.7 Å². The number of hydrogen-bond acceptors (Lipinski definition) is 2. The highest BCUT2D eigenvalue weighted by Gasteiger charge is 2.22. The summed E-state index contributed by atoms with van der Waals surface area (Å²) in [4.78, 5) is 23.3. The van der Waals surface area contributed by atoms with Crippen LogP contribution in [0.2, 0.25) is 0 Å². The predicted octanol–water partition coefficient (Wildman–Crippen LogP) is 2.38. The Bertz CT molecular complexity index is 518. The molecule has 6 heteroatoms. The minimum absolute atomic E-state index is 0.0219. The highest BCUT2D eigenvalue weighted by molar-refractivity contribution is 9.10. The Morgan fingerprint density at radius 1 is 1.35 bits per heavy atom. The fourth-order valence-electron chi connectivity index (χ4n) is 1.75. The van der Waals surface area contributed by atoms with Crippen LogP contribution in [0.15, 0.2) is 22.7 Å². The zero-order valence-corrected chi connectivity index (χ0v) is 12.5. The number of rotatable bonds is 6. The Labute approximate surface area is 125 Å². The maximum absolute atomic E-state index is 13.1. The summed E-state index contributed by atoms with van der Waals surface area (Å²) >= 11 is 3.21. The second-order valence-corrected chi connectivity index (χ2v) is 5.68. The first-order valence-corrected chi connectivity index (χ1v) is 7.38. The minimum atomic E-state index is -0.456. The van der Waals surface area contributed by atoms with Crippen LogP contribution in [0.3, 0.4) is 0 Å². The van der Waals surface area contributed by atoms with Gasteiger partial charge in [-0.15, -0.1) is 0 Å². The first-order valence-electron chi connectivity index (χ1n) is 6.59. The van der Waals surface area contributed by atoms with Crippen LogP contribution in [0.1, 0.15) is 36.0 Å². The number of nitrogens with one attached hydrogen (secondary N) is 2. The summed E-state index contributed by atoms with van der Waals surface area (Å²) in [5.74, 6) is -0.783. The van der Waals surface area contributed by atoms with E-state index in [0.29, 0.717) is 29.9 Å². The first kappa shape index (κ1) is 15.0. The Kier molecular flexibility index (Phi) is 5.11. The van der Waals surface area contributed by atoms with Crippen molar-refractivity contribution in [2.75, 3.05) is 6.54 Å². The van der Waals surface area contributed by atoms with Crippen LogP contribution in [0, 0.1) is 5.82 Å². The van der Waals surface area contributed by atoms with Gasteiger partial charge in [-0.2, -0.15) is 0 Å². The number of carbonyl (C=O) groups excluding carboxylic acids is 2. The molecule has 0 aromatic heterocycles. The lowest BCUT2D eigenvalue weighted by Crippen LogP contribution is -2.28. The van der Waals surface area contributed by atoms with E-state index in [-0.39, 0.29) is 17.4 Å². The molecule has 4 nitrogen and oxygen atoms in total. The average molecular weight is 343 g/mol. The molecule has 0 heterocycles. The zero-order valence-electron chi connectivity index (χ0n) is 10.9. The number of benzene rings is 1. The van der Waals surface area contributed by atoms with Gasteiger partial charge in [0.2, 0.25) is 5.91 Å². The van der Waals surface area contributed by atoms with Crippen molar-refractivity contribution in [2.24, 2.45) is 0 Å². The van der Waals surface area contributed by atoms with Gasteiger partial charge in [0.15, 0.2) is 0 Å². The molecule has 0 saturated heterocycles. The van der Waals surface area contributed by atoms with E-state index in [9.17, 15) is 14.0 Å².